The molecule has 1 aromatic carbocycles. The molecule has 5 heteroatoms. The molecule has 1 saturated heterocycles. The Hall–Kier alpha value is -1.72. The first kappa shape index (κ1) is 20.0. The molecule has 2 aliphatic carbocycles. The van der Waals surface area contributed by atoms with Crippen LogP contribution in [0.3, 0.4) is 0 Å². The van der Waals surface area contributed by atoms with Gasteiger partial charge in [-0.25, -0.2) is 0 Å². The molecule has 1 heterocycles. The van der Waals surface area contributed by atoms with E-state index < -0.39 is 0 Å². The molecule has 0 bridgehead atoms. The number of hydrogen-bond donors (Lipinski definition) is 0. The van der Waals surface area contributed by atoms with Gasteiger partial charge in [0.2, 0.25) is 0 Å². The summed E-state index contributed by atoms with van der Waals surface area (Å²) in [4.78, 5) is 2.48. The predicted octanol–water partition coefficient (Wildman–Crippen LogP) is 3.87. The first-order chi connectivity index (χ1) is 13.0. The van der Waals surface area contributed by atoms with Crippen molar-refractivity contribution in [2.75, 3.05) is 28.4 Å². The van der Waals surface area contributed by atoms with Gasteiger partial charge in [-0.3, -0.25) is 4.90 Å². The average Bonchev–Trinajstić information content (AvgIpc) is 3.38. The molecule has 5 nitrogen and oxygen atoms in total. The maximum atomic E-state index is 5.64. The van der Waals surface area contributed by atoms with Gasteiger partial charge in [0.1, 0.15) is 11.5 Å². The number of ether oxygens (including phenoxy) is 4. The monoisotopic (exact) mass is 375 g/mol. The van der Waals surface area contributed by atoms with E-state index in [0.29, 0.717) is 18.2 Å². The summed E-state index contributed by atoms with van der Waals surface area (Å²) in [7, 11) is 7.30. The van der Waals surface area contributed by atoms with Gasteiger partial charge in [-0.1, -0.05) is 12.1 Å². The van der Waals surface area contributed by atoms with Crippen molar-refractivity contribution in [3.05, 3.63) is 35.6 Å². The molecule has 0 amide bonds. The van der Waals surface area contributed by atoms with Gasteiger partial charge >= 0.3 is 0 Å². The van der Waals surface area contributed by atoms with Crippen molar-refractivity contribution in [3.63, 3.8) is 0 Å². The summed E-state index contributed by atoms with van der Waals surface area (Å²) in [5, 5.41) is 0. The van der Waals surface area contributed by atoms with E-state index in [9.17, 15) is 0 Å². The lowest BCUT2D eigenvalue weighted by molar-refractivity contribution is -0.00506. The van der Waals surface area contributed by atoms with Crippen LogP contribution in [0.15, 0.2) is 30.0 Å². The number of epoxide rings is 1. The summed E-state index contributed by atoms with van der Waals surface area (Å²) in [6.45, 7) is 4.79. The van der Waals surface area contributed by atoms with Gasteiger partial charge in [-0.15, -0.1) is 0 Å². The van der Waals surface area contributed by atoms with Crippen molar-refractivity contribution < 1.29 is 18.9 Å². The smallest absolute Gasteiger partial charge is 0.127 e. The van der Waals surface area contributed by atoms with Crippen LogP contribution in [0.5, 0.6) is 11.5 Å². The number of methoxy groups -OCH3 is 3. The fourth-order valence-corrected chi connectivity index (χ4v) is 4.41. The van der Waals surface area contributed by atoms with E-state index in [0.717, 1.165) is 35.6 Å². The molecule has 1 aliphatic heterocycles. The Morgan fingerprint density at radius 2 is 1.96 bits per heavy atom. The van der Waals surface area contributed by atoms with Gasteiger partial charge in [0.05, 0.1) is 39.3 Å². The van der Waals surface area contributed by atoms with Gasteiger partial charge in [-0.2, -0.15) is 0 Å². The van der Waals surface area contributed by atoms with Crippen LogP contribution in [0, 0.1) is 11.8 Å². The lowest BCUT2D eigenvalue weighted by Crippen LogP contribution is -2.50. The summed E-state index contributed by atoms with van der Waals surface area (Å²) in [6, 6.07) is 6.79. The standard InChI is InChI=1S/C17H23NO3.C5H10O/c1-18(14-7-13-12(14)8-16-17(13)21-16)9-10-4-5-11(19-2)6-15(10)20-3;1-4-5(2)6-3/h4-6,12-14,16-17H,7-9H2,1-3H3;4H,1-3H3/b;5-4+/t12-,13-,14?,16?,17?;/m1./s1. The predicted molar refractivity (Wildman–Crippen MR) is 106 cm³/mol. The lowest BCUT2D eigenvalue weighted by atomic mass is 9.70. The van der Waals surface area contributed by atoms with Gasteiger partial charge < -0.3 is 18.9 Å². The zero-order valence-corrected chi connectivity index (χ0v) is 17.4. The van der Waals surface area contributed by atoms with Crippen molar-refractivity contribution in [1.29, 1.82) is 0 Å². The number of fused-ring (bicyclic) bond motifs is 3. The van der Waals surface area contributed by atoms with Gasteiger partial charge in [0.15, 0.2) is 0 Å². The number of benzene rings is 1. The van der Waals surface area contributed by atoms with E-state index in [1.54, 1.807) is 21.3 Å². The zero-order chi connectivity index (χ0) is 19.6. The van der Waals surface area contributed by atoms with Gasteiger partial charge in [0.25, 0.3) is 0 Å². The van der Waals surface area contributed by atoms with Crippen molar-refractivity contribution in [1.82, 2.24) is 4.90 Å². The van der Waals surface area contributed by atoms with Crippen LogP contribution in [0.1, 0.15) is 32.3 Å². The van der Waals surface area contributed by atoms with Crippen LogP contribution in [-0.2, 0) is 16.0 Å². The molecule has 0 N–H and O–H groups in total. The second-order valence-corrected chi connectivity index (χ2v) is 7.70. The fourth-order valence-electron chi connectivity index (χ4n) is 4.41. The molecule has 0 radical (unpaired) electrons. The second-order valence-electron chi connectivity index (χ2n) is 7.70. The molecule has 5 atom stereocenters. The second kappa shape index (κ2) is 8.53. The van der Waals surface area contributed by atoms with E-state index in [2.05, 4.69) is 18.0 Å². The number of hydrogen-bond acceptors (Lipinski definition) is 5. The van der Waals surface area contributed by atoms with E-state index in [1.807, 2.05) is 32.1 Å². The third-order valence-electron chi connectivity index (χ3n) is 6.31. The largest absolute Gasteiger partial charge is 0.502 e. The molecule has 3 unspecified atom stereocenters. The normalized spacial score (nSPS) is 30.5. The molecule has 150 valence electrons. The molecule has 1 aromatic rings. The van der Waals surface area contributed by atoms with Crippen LogP contribution in [-0.4, -0.2) is 51.5 Å². The molecule has 3 aliphatic rings. The third-order valence-corrected chi connectivity index (χ3v) is 6.31. The van der Waals surface area contributed by atoms with Crippen molar-refractivity contribution in [3.8, 4) is 11.5 Å². The molecule has 0 spiro atoms. The van der Waals surface area contributed by atoms with Gasteiger partial charge in [0, 0.05) is 24.2 Å². The minimum atomic E-state index is 0.592. The Kier molecular flexibility index (Phi) is 6.33. The average molecular weight is 376 g/mol. The molecular weight excluding hydrogens is 342 g/mol. The quantitative estimate of drug-likeness (QED) is 0.558. The van der Waals surface area contributed by atoms with Crippen LogP contribution in [0.4, 0.5) is 0 Å². The maximum absolute atomic E-state index is 5.64. The van der Waals surface area contributed by atoms with E-state index in [-0.39, 0.29) is 0 Å². The minimum absolute atomic E-state index is 0.592. The fraction of sp³-hybridized carbons (Fsp3) is 0.636. The highest BCUT2D eigenvalue weighted by Crippen LogP contribution is 2.58. The van der Waals surface area contributed by atoms with Gasteiger partial charge in [-0.05, 0) is 51.6 Å². The number of rotatable bonds is 6. The summed E-state index contributed by atoms with van der Waals surface area (Å²) in [6.07, 6.45) is 5.68. The highest BCUT2D eigenvalue weighted by molar-refractivity contribution is 5.40. The Morgan fingerprint density at radius 3 is 2.52 bits per heavy atom. The Balaban J connectivity index is 0.000000307. The molecular formula is C22H33NO4. The molecule has 3 fully saturated rings. The van der Waals surface area contributed by atoms with E-state index >= 15 is 0 Å². The van der Waals surface area contributed by atoms with Crippen molar-refractivity contribution in [2.24, 2.45) is 11.8 Å². The maximum Gasteiger partial charge on any atom is 0.127 e. The van der Waals surface area contributed by atoms with Crippen LogP contribution in [0.25, 0.3) is 0 Å². The van der Waals surface area contributed by atoms with Crippen LogP contribution < -0.4 is 9.47 Å². The Labute approximate surface area is 163 Å². The number of allylic oxidation sites excluding steroid dienone is 2. The lowest BCUT2D eigenvalue weighted by Gasteiger charge is -2.46. The first-order valence-electron chi connectivity index (χ1n) is 9.75. The summed E-state index contributed by atoms with van der Waals surface area (Å²) in [5.41, 5.74) is 1.23. The highest BCUT2D eigenvalue weighted by atomic mass is 16.6. The zero-order valence-electron chi connectivity index (χ0n) is 17.4. The Bertz CT molecular complexity index is 674. The summed E-state index contributed by atoms with van der Waals surface area (Å²) >= 11 is 0. The minimum Gasteiger partial charge on any atom is -0.502 e. The summed E-state index contributed by atoms with van der Waals surface area (Å²) < 4.78 is 21.2. The Morgan fingerprint density at radius 1 is 1.19 bits per heavy atom. The molecule has 27 heavy (non-hydrogen) atoms. The van der Waals surface area contributed by atoms with Crippen LogP contribution in [0.2, 0.25) is 0 Å². The summed E-state index contributed by atoms with van der Waals surface area (Å²) in [5.74, 6) is 4.41. The van der Waals surface area contributed by atoms with E-state index in [1.165, 1.54) is 18.4 Å². The van der Waals surface area contributed by atoms with E-state index in [4.69, 9.17) is 18.9 Å². The first-order valence-corrected chi connectivity index (χ1v) is 9.75. The molecule has 0 aromatic heterocycles. The van der Waals surface area contributed by atoms with Crippen molar-refractivity contribution >= 4 is 0 Å². The molecule has 4 rings (SSSR count). The topological polar surface area (TPSA) is 43.5 Å². The highest BCUT2D eigenvalue weighted by Gasteiger charge is 2.63. The SMILES string of the molecule is C/C=C(\C)OC.COc1ccc(CN(C)C2C[C@H]3C4OC4C[C@@H]23)c(OC)c1. The third kappa shape index (κ3) is 4.25. The van der Waals surface area contributed by atoms with Crippen molar-refractivity contribution in [2.45, 2.75) is 51.5 Å². The molecule has 2 saturated carbocycles. The van der Waals surface area contributed by atoms with Crippen LogP contribution >= 0.6 is 0 Å². The number of nitrogens with zero attached hydrogens (tertiary/aromatic N) is 1.